The van der Waals surface area contributed by atoms with Gasteiger partial charge in [-0.15, -0.1) is 10.2 Å². The van der Waals surface area contributed by atoms with Crippen molar-refractivity contribution < 1.29 is 9.90 Å². The molecule has 0 amide bonds. The second-order valence-corrected chi connectivity index (χ2v) is 7.36. The third-order valence-corrected chi connectivity index (χ3v) is 4.63. The molecule has 0 aliphatic heterocycles. The van der Waals surface area contributed by atoms with Crippen molar-refractivity contribution in [1.29, 1.82) is 0 Å². The van der Waals surface area contributed by atoms with E-state index in [-0.39, 0.29) is 5.69 Å². The van der Waals surface area contributed by atoms with Crippen LogP contribution < -0.4 is 0 Å². The van der Waals surface area contributed by atoms with Crippen molar-refractivity contribution in [3.05, 3.63) is 47.7 Å². The van der Waals surface area contributed by atoms with E-state index in [4.69, 9.17) is 5.11 Å². The smallest absolute Gasteiger partial charge is 0.356 e. The van der Waals surface area contributed by atoms with Crippen LogP contribution in [0.4, 0.5) is 0 Å². The summed E-state index contributed by atoms with van der Waals surface area (Å²) in [4.78, 5) is 10.8. The maximum Gasteiger partial charge on any atom is 0.356 e. The first-order valence-corrected chi connectivity index (χ1v) is 9.72. The number of carbonyl (C=O) groups is 1. The zero-order chi connectivity index (χ0) is 18.8. The first-order valence-electron chi connectivity index (χ1n) is 9.72. The van der Waals surface area contributed by atoms with Crippen LogP contribution in [0.25, 0.3) is 11.3 Å². The summed E-state index contributed by atoms with van der Waals surface area (Å²) in [5, 5.41) is 16.6. The molecule has 1 heterocycles. The van der Waals surface area contributed by atoms with E-state index >= 15 is 0 Å². The largest absolute Gasteiger partial charge is 0.476 e. The van der Waals surface area contributed by atoms with Crippen LogP contribution in [-0.2, 0) is 6.42 Å². The second kappa shape index (κ2) is 10.7. The zero-order valence-corrected chi connectivity index (χ0v) is 15.9. The molecule has 26 heavy (non-hydrogen) atoms. The number of unbranched alkanes of at least 4 members (excludes halogenated alkanes) is 5. The normalized spacial score (nSPS) is 11.0. The Morgan fingerprint density at radius 1 is 0.885 bits per heavy atom. The van der Waals surface area contributed by atoms with Gasteiger partial charge in [-0.25, -0.2) is 4.79 Å². The predicted molar refractivity (Wildman–Crippen MR) is 105 cm³/mol. The number of nitrogens with zero attached hydrogens (tertiary/aromatic N) is 2. The van der Waals surface area contributed by atoms with E-state index in [2.05, 4.69) is 36.2 Å². The van der Waals surface area contributed by atoms with Crippen molar-refractivity contribution in [1.82, 2.24) is 10.2 Å². The number of hydrogen-bond donors (Lipinski definition) is 1. The van der Waals surface area contributed by atoms with Gasteiger partial charge in [0.05, 0.1) is 5.69 Å². The minimum absolute atomic E-state index is 0.0328. The number of hydrogen-bond acceptors (Lipinski definition) is 3. The maximum absolute atomic E-state index is 10.8. The van der Waals surface area contributed by atoms with Crippen molar-refractivity contribution in [3.8, 4) is 11.3 Å². The highest BCUT2D eigenvalue weighted by atomic mass is 16.4. The molecule has 1 aromatic heterocycles. The number of aromatic carboxylic acids is 1. The standard InChI is InChI=1S/C22H30N2O2/c1-17(2)9-7-5-3-4-6-8-10-18-11-13-19(14-12-18)20-15-16-21(22(25)26)24-23-20/h11-17H,3-10H2,1-2H3,(H,25,26). The predicted octanol–water partition coefficient (Wildman–Crippen LogP) is 5.77. The van der Waals surface area contributed by atoms with Crippen LogP contribution in [-0.4, -0.2) is 21.3 Å². The quantitative estimate of drug-likeness (QED) is 0.520. The van der Waals surface area contributed by atoms with E-state index in [0.29, 0.717) is 5.69 Å². The van der Waals surface area contributed by atoms with Gasteiger partial charge in [-0.1, -0.05) is 76.6 Å². The van der Waals surface area contributed by atoms with Gasteiger partial charge in [-0.2, -0.15) is 0 Å². The lowest BCUT2D eigenvalue weighted by Crippen LogP contribution is -2.01. The van der Waals surface area contributed by atoms with E-state index < -0.39 is 5.97 Å². The van der Waals surface area contributed by atoms with E-state index in [1.807, 2.05) is 12.1 Å². The average Bonchev–Trinajstić information content (AvgIpc) is 2.64. The lowest BCUT2D eigenvalue weighted by Gasteiger charge is -2.05. The fraction of sp³-hybridized carbons (Fsp3) is 0.500. The van der Waals surface area contributed by atoms with Crippen LogP contribution in [0.5, 0.6) is 0 Å². The molecule has 1 aromatic carbocycles. The maximum atomic E-state index is 10.8. The van der Waals surface area contributed by atoms with E-state index in [0.717, 1.165) is 17.9 Å². The van der Waals surface area contributed by atoms with Gasteiger partial charge >= 0.3 is 5.97 Å². The summed E-state index contributed by atoms with van der Waals surface area (Å²) in [5.74, 6) is -0.224. The minimum atomic E-state index is -1.06. The SMILES string of the molecule is CC(C)CCCCCCCCc1ccc(-c2ccc(C(=O)O)nn2)cc1. The molecule has 0 aliphatic carbocycles. The fourth-order valence-corrected chi connectivity index (χ4v) is 3.03. The van der Waals surface area contributed by atoms with Gasteiger partial charge in [-0.05, 0) is 36.5 Å². The molecule has 4 heteroatoms. The Balaban J connectivity index is 1.70. The highest BCUT2D eigenvalue weighted by molar-refractivity contribution is 5.85. The van der Waals surface area contributed by atoms with E-state index in [9.17, 15) is 4.79 Å². The summed E-state index contributed by atoms with van der Waals surface area (Å²) in [7, 11) is 0. The molecule has 4 nitrogen and oxygen atoms in total. The Bertz CT molecular complexity index is 664. The van der Waals surface area contributed by atoms with E-state index in [1.54, 1.807) is 6.07 Å². The van der Waals surface area contributed by atoms with Crippen LogP contribution in [0, 0.1) is 5.92 Å². The number of aromatic nitrogens is 2. The fourth-order valence-electron chi connectivity index (χ4n) is 3.03. The van der Waals surface area contributed by atoms with Crippen molar-refractivity contribution in [2.75, 3.05) is 0 Å². The number of rotatable bonds is 11. The summed E-state index contributed by atoms with van der Waals surface area (Å²) in [6.07, 6.45) is 10.4. The summed E-state index contributed by atoms with van der Waals surface area (Å²) in [5.41, 5.74) is 2.96. The second-order valence-electron chi connectivity index (χ2n) is 7.36. The summed E-state index contributed by atoms with van der Waals surface area (Å²) >= 11 is 0. The van der Waals surface area contributed by atoms with Gasteiger partial charge in [0.2, 0.25) is 0 Å². The molecule has 1 N–H and O–H groups in total. The third-order valence-electron chi connectivity index (χ3n) is 4.63. The van der Waals surface area contributed by atoms with E-state index in [1.165, 1.54) is 56.6 Å². The Hall–Kier alpha value is -2.23. The Morgan fingerprint density at radius 3 is 2.12 bits per heavy atom. The zero-order valence-electron chi connectivity index (χ0n) is 15.9. The number of aryl methyl sites for hydroxylation is 1. The molecule has 140 valence electrons. The van der Waals surface area contributed by atoms with Crippen LogP contribution in [0.15, 0.2) is 36.4 Å². The van der Waals surface area contributed by atoms with Crippen molar-refractivity contribution in [2.45, 2.75) is 65.2 Å². The summed E-state index contributed by atoms with van der Waals surface area (Å²) < 4.78 is 0. The first kappa shape index (κ1) is 20.1. The molecule has 0 unspecified atom stereocenters. The molecular weight excluding hydrogens is 324 g/mol. The molecule has 2 aromatic rings. The Morgan fingerprint density at radius 2 is 1.54 bits per heavy atom. The molecule has 0 saturated heterocycles. The Labute approximate surface area is 156 Å². The molecule has 0 atom stereocenters. The van der Waals surface area contributed by atoms with Crippen LogP contribution >= 0.6 is 0 Å². The lowest BCUT2D eigenvalue weighted by atomic mass is 10.0. The molecule has 0 saturated carbocycles. The van der Waals surface area contributed by atoms with Crippen LogP contribution in [0.1, 0.15) is 74.8 Å². The first-order chi connectivity index (χ1) is 12.6. The molecule has 0 radical (unpaired) electrons. The van der Waals surface area contributed by atoms with Gasteiger partial charge in [0, 0.05) is 5.56 Å². The number of carboxylic acid groups (broad SMARTS) is 1. The van der Waals surface area contributed by atoms with Gasteiger partial charge in [-0.3, -0.25) is 0 Å². The molecule has 0 aliphatic rings. The highest BCUT2D eigenvalue weighted by Crippen LogP contribution is 2.18. The third kappa shape index (κ3) is 6.95. The highest BCUT2D eigenvalue weighted by Gasteiger charge is 2.06. The van der Waals surface area contributed by atoms with Crippen molar-refractivity contribution in [3.63, 3.8) is 0 Å². The lowest BCUT2D eigenvalue weighted by molar-refractivity contribution is 0.0689. The Kier molecular flexibility index (Phi) is 8.26. The molecule has 0 spiro atoms. The summed E-state index contributed by atoms with van der Waals surface area (Å²) in [6, 6.07) is 11.5. The number of carboxylic acids is 1. The molecular formula is C22H30N2O2. The van der Waals surface area contributed by atoms with Crippen LogP contribution in [0.3, 0.4) is 0 Å². The van der Waals surface area contributed by atoms with Crippen molar-refractivity contribution >= 4 is 5.97 Å². The summed E-state index contributed by atoms with van der Waals surface area (Å²) in [6.45, 7) is 4.59. The van der Waals surface area contributed by atoms with Crippen molar-refractivity contribution in [2.24, 2.45) is 5.92 Å². The monoisotopic (exact) mass is 354 g/mol. The van der Waals surface area contributed by atoms with Gasteiger partial charge in [0.1, 0.15) is 0 Å². The molecule has 0 bridgehead atoms. The van der Waals surface area contributed by atoms with Gasteiger partial charge < -0.3 is 5.11 Å². The molecule has 0 fully saturated rings. The van der Waals surface area contributed by atoms with Gasteiger partial charge in [0.15, 0.2) is 5.69 Å². The average molecular weight is 354 g/mol. The van der Waals surface area contributed by atoms with Crippen LogP contribution in [0.2, 0.25) is 0 Å². The molecule has 2 rings (SSSR count). The van der Waals surface area contributed by atoms with Gasteiger partial charge in [0.25, 0.3) is 0 Å². The number of benzene rings is 1. The topological polar surface area (TPSA) is 63.1 Å². The minimum Gasteiger partial charge on any atom is -0.476 e.